The van der Waals surface area contributed by atoms with Gasteiger partial charge in [0.25, 0.3) is 0 Å². The van der Waals surface area contributed by atoms with Crippen LogP contribution in [0.3, 0.4) is 0 Å². The molecule has 0 saturated heterocycles. The highest BCUT2D eigenvalue weighted by Crippen LogP contribution is 2.18. The van der Waals surface area contributed by atoms with E-state index >= 15 is 0 Å². The first-order chi connectivity index (χ1) is 11.8. The molecule has 0 unspecified atom stereocenters. The Balaban J connectivity index is 1.80. The van der Waals surface area contributed by atoms with Crippen molar-refractivity contribution in [3.8, 4) is 5.75 Å². The van der Waals surface area contributed by atoms with Crippen LogP contribution in [-0.2, 0) is 0 Å². The number of benzene rings is 2. The van der Waals surface area contributed by atoms with Gasteiger partial charge in [-0.2, -0.15) is 0 Å². The van der Waals surface area contributed by atoms with Crippen LogP contribution in [0.5, 0.6) is 5.75 Å². The van der Waals surface area contributed by atoms with E-state index in [-0.39, 0.29) is 6.04 Å². The minimum absolute atomic E-state index is 0.108. The predicted molar refractivity (Wildman–Crippen MR) is 111 cm³/mol. The smallest absolute Gasteiger partial charge is 0.171 e. The largest absolute Gasteiger partial charge is 0.491 e. The van der Waals surface area contributed by atoms with E-state index in [4.69, 9.17) is 17.0 Å². The van der Waals surface area contributed by atoms with Crippen LogP contribution in [0.15, 0.2) is 42.5 Å². The molecule has 0 heterocycles. The van der Waals surface area contributed by atoms with E-state index in [1.165, 1.54) is 16.7 Å². The van der Waals surface area contributed by atoms with Crippen LogP contribution < -0.4 is 15.4 Å². The maximum atomic E-state index is 5.85. The fourth-order valence-electron chi connectivity index (χ4n) is 2.41. The molecule has 2 rings (SSSR count). The lowest BCUT2D eigenvalue weighted by molar-refractivity contribution is 0.287. The molecule has 0 aliphatic carbocycles. The molecule has 2 aromatic rings. The van der Waals surface area contributed by atoms with E-state index in [1.807, 2.05) is 6.07 Å². The van der Waals surface area contributed by atoms with Gasteiger partial charge >= 0.3 is 0 Å². The SMILES string of the molecule is Cc1ccc(OC[C@@H](C)NC(=S)Nc2ccc(C(C)C)cc2)cc1C. The standard InChI is InChI=1S/C21H28N2OS/c1-14(2)18-7-9-19(10-8-18)23-21(25)22-17(5)13-24-20-11-6-15(3)16(4)12-20/h6-12,14,17H,13H2,1-5H3,(H2,22,23,25)/t17-/m1/s1. The summed E-state index contributed by atoms with van der Waals surface area (Å²) in [4.78, 5) is 0. The third kappa shape index (κ3) is 6.05. The molecule has 0 spiro atoms. The monoisotopic (exact) mass is 356 g/mol. The van der Waals surface area contributed by atoms with Crippen molar-refractivity contribution in [2.45, 2.75) is 46.6 Å². The first-order valence-electron chi connectivity index (χ1n) is 8.72. The van der Waals surface area contributed by atoms with E-state index < -0.39 is 0 Å². The van der Waals surface area contributed by atoms with Gasteiger partial charge in [-0.1, -0.05) is 32.0 Å². The van der Waals surface area contributed by atoms with Crippen LogP contribution >= 0.6 is 12.2 Å². The minimum Gasteiger partial charge on any atom is -0.491 e. The zero-order valence-corrected chi connectivity index (χ0v) is 16.5. The van der Waals surface area contributed by atoms with Gasteiger partial charge < -0.3 is 15.4 Å². The summed E-state index contributed by atoms with van der Waals surface area (Å²) >= 11 is 5.39. The topological polar surface area (TPSA) is 33.3 Å². The fourth-order valence-corrected chi connectivity index (χ4v) is 2.73. The van der Waals surface area contributed by atoms with Gasteiger partial charge in [-0.15, -0.1) is 0 Å². The molecule has 0 radical (unpaired) electrons. The number of anilines is 1. The summed E-state index contributed by atoms with van der Waals surface area (Å²) in [6.07, 6.45) is 0. The Bertz CT molecular complexity index is 710. The van der Waals surface area contributed by atoms with Crippen molar-refractivity contribution < 1.29 is 4.74 Å². The third-order valence-corrected chi connectivity index (χ3v) is 4.41. The van der Waals surface area contributed by atoms with Crippen molar-refractivity contribution in [1.82, 2.24) is 5.32 Å². The second kappa shape index (κ2) is 8.86. The molecule has 2 aromatic carbocycles. The van der Waals surface area contributed by atoms with Gasteiger partial charge in [0.1, 0.15) is 12.4 Å². The van der Waals surface area contributed by atoms with Crippen molar-refractivity contribution in [1.29, 1.82) is 0 Å². The molecule has 0 aromatic heterocycles. The Kier molecular flexibility index (Phi) is 6.82. The molecular formula is C21H28N2OS. The van der Waals surface area contributed by atoms with Crippen LogP contribution in [0.1, 0.15) is 43.4 Å². The molecule has 0 aliphatic heterocycles. The average Bonchev–Trinajstić information content (AvgIpc) is 2.56. The molecule has 4 heteroatoms. The number of rotatable bonds is 6. The molecule has 134 valence electrons. The summed E-state index contributed by atoms with van der Waals surface area (Å²) in [5.74, 6) is 1.42. The third-order valence-electron chi connectivity index (χ3n) is 4.19. The first-order valence-corrected chi connectivity index (χ1v) is 9.13. The zero-order chi connectivity index (χ0) is 18.4. The molecule has 0 fully saturated rings. The molecule has 0 aliphatic rings. The average molecular weight is 357 g/mol. The van der Waals surface area contributed by atoms with Crippen molar-refractivity contribution in [3.63, 3.8) is 0 Å². The lowest BCUT2D eigenvalue weighted by Crippen LogP contribution is -2.39. The summed E-state index contributed by atoms with van der Waals surface area (Å²) in [6.45, 7) is 11.2. The molecule has 3 nitrogen and oxygen atoms in total. The lowest BCUT2D eigenvalue weighted by Gasteiger charge is -2.18. The van der Waals surface area contributed by atoms with E-state index in [2.05, 4.69) is 81.7 Å². The highest BCUT2D eigenvalue weighted by molar-refractivity contribution is 7.80. The number of aryl methyl sites for hydroxylation is 2. The van der Waals surface area contributed by atoms with Gasteiger partial charge in [-0.3, -0.25) is 0 Å². The van der Waals surface area contributed by atoms with Gasteiger partial charge in [-0.05, 0) is 79.9 Å². The summed E-state index contributed by atoms with van der Waals surface area (Å²) < 4.78 is 5.85. The molecule has 25 heavy (non-hydrogen) atoms. The van der Waals surface area contributed by atoms with E-state index in [1.54, 1.807) is 0 Å². The maximum absolute atomic E-state index is 5.85. The van der Waals surface area contributed by atoms with Crippen LogP contribution in [0.2, 0.25) is 0 Å². The molecule has 0 saturated carbocycles. The molecule has 0 bridgehead atoms. The highest BCUT2D eigenvalue weighted by atomic mass is 32.1. The summed E-state index contributed by atoms with van der Waals surface area (Å²) in [6, 6.07) is 14.6. The van der Waals surface area contributed by atoms with Crippen LogP contribution in [-0.4, -0.2) is 17.8 Å². The normalized spacial score (nSPS) is 11.9. The number of ether oxygens (including phenoxy) is 1. The number of hydrogen-bond donors (Lipinski definition) is 2. The van der Waals surface area contributed by atoms with Crippen molar-refractivity contribution >= 4 is 23.0 Å². The Morgan fingerprint density at radius 2 is 1.68 bits per heavy atom. The summed E-state index contributed by atoms with van der Waals surface area (Å²) in [5.41, 5.74) is 4.82. The summed E-state index contributed by atoms with van der Waals surface area (Å²) in [5, 5.41) is 7.08. The predicted octanol–water partition coefficient (Wildman–Crippen LogP) is 5.18. The molecule has 0 amide bonds. The number of hydrogen-bond acceptors (Lipinski definition) is 2. The minimum atomic E-state index is 0.108. The van der Waals surface area contributed by atoms with Gasteiger partial charge in [0.05, 0.1) is 6.04 Å². The zero-order valence-electron chi connectivity index (χ0n) is 15.7. The van der Waals surface area contributed by atoms with Crippen molar-refractivity contribution in [2.75, 3.05) is 11.9 Å². The van der Waals surface area contributed by atoms with Gasteiger partial charge in [0, 0.05) is 5.69 Å². The van der Waals surface area contributed by atoms with E-state index in [9.17, 15) is 0 Å². The molecule has 2 N–H and O–H groups in total. The van der Waals surface area contributed by atoms with Crippen molar-refractivity contribution in [3.05, 3.63) is 59.2 Å². The van der Waals surface area contributed by atoms with Crippen LogP contribution in [0.4, 0.5) is 5.69 Å². The van der Waals surface area contributed by atoms with E-state index in [0.717, 1.165) is 11.4 Å². The fraction of sp³-hybridized carbons (Fsp3) is 0.381. The first kappa shape index (κ1) is 19.3. The lowest BCUT2D eigenvalue weighted by atomic mass is 10.0. The Morgan fingerprint density at radius 1 is 1.00 bits per heavy atom. The second-order valence-corrected chi connectivity index (χ2v) is 7.24. The number of nitrogens with one attached hydrogen (secondary N) is 2. The molecule has 1 atom stereocenters. The van der Waals surface area contributed by atoms with Gasteiger partial charge in [0.2, 0.25) is 0 Å². The van der Waals surface area contributed by atoms with E-state index in [0.29, 0.717) is 17.6 Å². The molecular weight excluding hydrogens is 328 g/mol. The summed E-state index contributed by atoms with van der Waals surface area (Å²) in [7, 11) is 0. The second-order valence-electron chi connectivity index (χ2n) is 6.83. The Hall–Kier alpha value is -2.07. The Morgan fingerprint density at radius 3 is 2.28 bits per heavy atom. The van der Waals surface area contributed by atoms with Crippen LogP contribution in [0.25, 0.3) is 0 Å². The number of thiocarbonyl (C=S) groups is 1. The van der Waals surface area contributed by atoms with Crippen molar-refractivity contribution in [2.24, 2.45) is 0 Å². The quantitative estimate of drug-likeness (QED) is 0.699. The van der Waals surface area contributed by atoms with Crippen LogP contribution in [0, 0.1) is 13.8 Å². The van der Waals surface area contributed by atoms with Gasteiger partial charge in [0.15, 0.2) is 5.11 Å². The Labute approximate surface area is 156 Å². The maximum Gasteiger partial charge on any atom is 0.171 e. The highest BCUT2D eigenvalue weighted by Gasteiger charge is 2.07. The van der Waals surface area contributed by atoms with Gasteiger partial charge in [-0.25, -0.2) is 0 Å².